The van der Waals surface area contributed by atoms with Crippen molar-refractivity contribution in [3.8, 4) is 5.88 Å². The van der Waals surface area contributed by atoms with Crippen molar-refractivity contribution in [3.63, 3.8) is 0 Å². The number of aromatic nitrogens is 3. The first-order valence-electron chi connectivity index (χ1n) is 8.14. The lowest BCUT2D eigenvalue weighted by molar-refractivity contribution is -0.0368. The third-order valence-electron chi connectivity index (χ3n) is 4.14. The second-order valence-electron chi connectivity index (χ2n) is 5.85. The van der Waals surface area contributed by atoms with Crippen LogP contribution in [-0.4, -0.2) is 21.4 Å². The first kappa shape index (κ1) is 15.8. The molecule has 124 valence electrons. The molecule has 1 atom stereocenters. The second kappa shape index (κ2) is 7.06. The van der Waals surface area contributed by atoms with Crippen molar-refractivity contribution in [2.45, 2.75) is 32.1 Å². The molecule has 0 aliphatic carbocycles. The third kappa shape index (κ3) is 3.25. The third-order valence-corrected chi connectivity index (χ3v) is 4.87. The Labute approximate surface area is 154 Å². The molecule has 1 aromatic carbocycles. The fourth-order valence-electron chi connectivity index (χ4n) is 2.91. The number of hydrogen-bond donors (Lipinski definition) is 0. The Morgan fingerprint density at radius 3 is 2.83 bits per heavy atom. The van der Waals surface area contributed by atoms with Crippen molar-refractivity contribution in [1.29, 1.82) is 0 Å². The molecule has 0 saturated carbocycles. The van der Waals surface area contributed by atoms with E-state index in [4.69, 9.17) is 9.47 Å². The highest BCUT2D eigenvalue weighted by molar-refractivity contribution is 14.1. The van der Waals surface area contributed by atoms with Crippen molar-refractivity contribution in [2.75, 3.05) is 6.61 Å². The summed E-state index contributed by atoms with van der Waals surface area (Å²) in [5.74, 6) is 0.619. The van der Waals surface area contributed by atoms with Crippen LogP contribution < -0.4 is 4.74 Å². The lowest BCUT2D eigenvalue weighted by Crippen LogP contribution is -2.19. The maximum absolute atomic E-state index is 5.86. The Balaban J connectivity index is 1.58. The summed E-state index contributed by atoms with van der Waals surface area (Å²) in [6, 6.07) is 14.0. The van der Waals surface area contributed by atoms with E-state index in [1.165, 1.54) is 6.42 Å². The number of fused-ring (bicyclic) bond motifs is 1. The number of benzene rings is 1. The van der Waals surface area contributed by atoms with Crippen LogP contribution in [0.2, 0.25) is 0 Å². The smallest absolute Gasteiger partial charge is 0.214 e. The van der Waals surface area contributed by atoms with Gasteiger partial charge in [0.05, 0.1) is 5.52 Å². The molecule has 0 radical (unpaired) electrons. The Morgan fingerprint density at radius 1 is 1.17 bits per heavy atom. The number of hydrogen-bond acceptors (Lipinski definition) is 4. The molecule has 0 bridgehead atoms. The van der Waals surface area contributed by atoms with E-state index in [0.29, 0.717) is 12.5 Å². The molecule has 1 aliphatic heterocycles. The van der Waals surface area contributed by atoms with Crippen molar-refractivity contribution in [1.82, 2.24) is 14.8 Å². The highest BCUT2D eigenvalue weighted by atomic mass is 127. The van der Waals surface area contributed by atoms with Gasteiger partial charge in [0.1, 0.15) is 15.8 Å². The van der Waals surface area contributed by atoms with Crippen LogP contribution in [0, 0.1) is 3.70 Å². The first-order valence-corrected chi connectivity index (χ1v) is 9.22. The van der Waals surface area contributed by atoms with Gasteiger partial charge in [-0.3, -0.25) is 0 Å². The molecule has 6 heteroatoms. The van der Waals surface area contributed by atoms with E-state index in [1.807, 2.05) is 47.1 Å². The van der Waals surface area contributed by atoms with E-state index in [9.17, 15) is 0 Å². The molecule has 24 heavy (non-hydrogen) atoms. The summed E-state index contributed by atoms with van der Waals surface area (Å²) >= 11 is 2.23. The lowest BCUT2D eigenvalue weighted by Gasteiger charge is -2.23. The standard InChI is InChI=1S/C18H18IN3O2/c19-18-17-14(22(21-18)16-8-4-5-11-23-16)9-10-15(20-17)24-12-13-6-2-1-3-7-13/h1-3,6-7,9-10,16H,4-5,8,11-12H2. The molecule has 0 spiro atoms. The Morgan fingerprint density at radius 2 is 2.04 bits per heavy atom. The zero-order chi connectivity index (χ0) is 16.4. The van der Waals surface area contributed by atoms with E-state index in [1.54, 1.807) is 0 Å². The quantitative estimate of drug-likeness (QED) is 0.573. The fraction of sp³-hybridized carbons (Fsp3) is 0.333. The molecule has 1 unspecified atom stereocenters. The normalized spacial score (nSPS) is 18.0. The zero-order valence-electron chi connectivity index (χ0n) is 13.2. The van der Waals surface area contributed by atoms with E-state index in [2.05, 4.69) is 32.7 Å². The summed E-state index contributed by atoms with van der Waals surface area (Å²) in [6.07, 6.45) is 3.32. The molecule has 5 nitrogen and oxygen atoms in total. The number of rotatable bonds is 4. The second-order valence-corrected chi connectivity index (χ2v) is 6.87. The van der Waals surface area contributed by atoms with Gasteiger partial charge in [0.2, 0.25) is 5.88 Å². The van der Waals surface area contributed by atoms with Gasteiger partial charge >= 0.3 is 0 Å². The van der Waals surface area contributed by atoms with Crippen LogP contribution in [0.15, 0.2) is 42.5 Å². The van der Waals surface area contributed by atoms with Crippen molar-refractivity contribution >= 4 is 33.6 Å². The van der Waals surface area contributed by atoms with Crippen molar-refractivity contribution in [2.24, 2.45) is 0 Å². The van der Waals surface area contributed by atoms with Gasteiger partial charge in [-0.2, -0.15) is 5.10 Å². The molecular weight excluding hydrogens is 417 g/mol. The van der Waals surface area contributed by atoms with Gasteiger partial charge in [-0.25, -0.2) is 9.67 Å². The van der Waals surface area contributed by atoms with Crippen molar-refractivity contribution in [3.05, 3.63) is 51.7 Å². The van der Waals surface area contributed by atoms with Crippen LogP contribution in [0.25, 0.3) is 11.0 Å². The summed E-state index contributed by atoms with van der Waals surface area (Å²) in [7, 11) is 0. The van der Waals surface area contributed by atoms with Gasteiger partial charge in [0.15, 0.2) is 6.23 Å². The van der Waals surface area contributed by atoms with Crippen LogP contribution in [0.1, 0.15) is 31.1 Å². The van der Waals surface area contributed by atoms with Gasteiger partial charge in [0, 0.05) is 12.7 Å². The molecular formula is C18H18IN3O2. The molecule has 0 N–H and O–H groups in total. The van der Waals surface area contributed by atoms with Crippen LogP contribution in [0.4, 0.5) is 0 Å². The highest BCUT2D eigenvalue weighted by Crippen LogP contribution is 2.29. The van der Waals surface area contributed by atoms with Crippen LogP contribution in [0.5, 0.6) is 5.88 Å². The van der Waals surface area contributed by atoms with Crippen molar-refractivity contribution < 1.29 is 9.47 Å². The zero-order valence-corrected chi connectivity index (χ0v) is 15.3. The summed E-state index contributed by atoms with van der Waals surface area (Å²) < 4.78 is 14.5. The van der Waals surface area contributed by atoms with Gasteiger partial charge in [-0.05, 0) is 53.5 Å². The molecule has 1 aliphatic rings. The minimum atomic E-state index is 0.0163. The van der Waals surface area contributed by atoms with Gasteiger partial charge in [-0.1, -0.05) is 30.3 Å². The van der Waals surface area contributed by atoms with Gasteiger partial charge in [-0.15, -0.1) is 0 Å². The minimum absolute atomic E-state index is 0.0163. The molecule has 3 heterocycles. The van der Waals surface area contributed by atoms with Crippen LogP contribution in [-0.2, 0) is 11.3 Å². The van der Waals surface area contributed by atoms with E-state index in [0.717, 1.165) is 39.7 Å². The monoisotopic (exact) mass is 435 g/mol. The first-order chi connectivity index (χ1) is 11.8. The maximum atomic E-state index is 5.86. The Bertz CT molecular complexity index is 829. The fourth-order valence-corrected chi connectivity index (χ4v) is 3.54. The summed E-state index contributed by atoms with van der Waals surface area (Å²) in [6.45, 7) is 1.31. The molecule has 3 aromatic rings. The topological polar surface area (TPSA) is 49.2 Å². The van der Waals surface area contributed by atoms with Crippen LogP contribution >= 0.6 is 22.6 Å². The molecule has 4 rings (SSSR count). The van der Waals surface area contributed by atoms with Gasteiger partial charge < -0.3 is 9.47 Å². The van der Waals surface area contributed by atoms with Crippen LogP contribution in [0.3, 0.4) is 0 Å². The minimum Gasteiger partial charge on any atom is -0.473 e. The number of ether oxygens (including phenoxy) is 2. The molecule has 1 saturated heterocycles. The predicted octanol–water partition coefficient (Wildman–Crippen LogP) is 4.31. The van der Waals surface area contributed by atoms with E-state index in [-0.39, 0.29) is 6.23 Å². The average Bonchev–Trinajstić information content (AvgIpc) is 2.98. The molecule has 2 aromatic heterocycles. The van der Waals surface area contributed by atoms with E-state index < -0.39 is 0 Å². The number of nitrogens with zero attached hydrogens (tertiary/aromatic N) is 3. The maximum Gasteiger partial charge on any atom is 0.214 e. The van der Waals surface area contributed by atoms with E-state index >= 15 is 0 Å². The summed E-state index contributed by atoms with van der Waals surface area (Å²) in [4.78, 5) is 4.64. The number of halogens is 1. The Hall–Kier alpha value is -1.67. The molecule has 0 amide bonds. The molecule has 1 fully saturated rings. The number of pyridine rings is 1. The lowest BCUT2D eigenvalue weighted by atomic mass is 10.2. The predicted molar refractivity (Wildman–Crippen MR) is 99.9 cm³/mol. The largest absolute Gasteiger partial charge is 0.473 e. The Kier molecular flexibility index (Phi) is 4.66. The summed E-state index contributed by atoms with van der Waals surface area (Å²) in [5, 5.41) is 4.63. The summed E-state index contributed by atoms with van der Waals surface area (Å²) in [5.41, 5.74) is 2.99. The SMILES string of the molecule is Ic1nn(C2CCCCO2)c2ccc(OCc3ccccc3)nc12. The highest BCUT2D eigenvalue weighted by Gasteiger charge is 2.21. The average molecular weight is 435 g/mol. The van der Waals surface area contributed by atoms with Gasteiger partial charge in [0.25, 0.3) is 0 Å².